The highest BCUT2D eigenvalue weighted by Crippen LogP contribution is 2.50. The standard InChI is InChI=1S/C25H30B3ClN8S/c1-31-21-17(29)16(4-8-33-21)38-18-20(25(26,27)28)35-23(37-12-9-34-22(18)37)36-10-5-24(6-11-36)13-15-14(19(24)30)3-2-7-32-15/h2-4,7-9,12,19H,5-6,10-11,13,26-28,30H2,1H3,(H,31,33)/t19-/m1/s1. The quantitative estimate of drug-likeness (QED) is 0.364. The fourth-order valence-corrected chi connectivity index (χ4v) is 7.40. The van der Waals surface area contributed by atoms with Crippen molar-refractivity contribution >= 4 is 64.3 Å². The second-order valence-electron chi connectivity index (χ2n) is 11.3. The summed E-state index contributed by atoms with van der Waals surface area (Å²) < 4.78 is 2.12. The molecule has 0 saturated carbocycles. The van der Waals surface area contributed by atoms with Gasteiger partial charge in [0.2, 0.25) is 5.95 Å². The minimum atomic E-state index is -0.200. The van der Waals surface area contributed by atoms with Gasteiger partial charge in [-0.25, -0.2) is 15.0 Å². The summed E-state index contributed by atoms with van der Waals surface area (Å²) in [6, 6.07) is 6.12. The lowest BCUT2D eigenvalue weighted by Crippen LogP contribution is -2.45. The van der Waals surface area contributed by atoms with Crippen LogP contribution in [0, 0.1) is 5.41 Å². The Kier molecular flexibility index (Phi) is 6.40. The smallest absolute Gasteiger partial charge is 0.211 e. The molecule has 0 bridgehead atoms. The topological polar surface area (TPSA) is 97.3 Å². The molecule has 4 aromatic rings. The number of nitrogens with two attached hydrogens (primary N) is 1. The largest absolute Gasteiger partial charge is 0.372 e. The Balaban J connectivity index is 1.36. The number of piperidine rings is 1. The molecule has 8 nitrogen and oxygen atoms in total. The van der Waals surface area contributed by atoms with Gasteiger partial charge in [0.15, 0.2) is 5.65 Å². The van der Waals surface area contributed by atoms with E-state index in [1.807, 2.05) is 37.8 Å². The Bertz CT molecular complexity index is 1520. The number of nitrogens with one attached hydrogen (secondary N) is 1. The number of rotatable bonds is 5. The summed E-state index contributed by atoms with van der Waals surface area (Å²) in [7, 11) is 8.41. The second-order valence-corrected chi connectivity index (χ2v) is 12.8. The number of imidazole rings is 1. The van der Waals surface area contributed by atoms with Crippen molar-refractivity contribution in [2.75, 3.05) is 30.4 Å². The van der Waals surface area contributed by atoms with Crippen molar-refractivity contribution in [2.45, 2.75) is 40.2 Å². The molecule has 1 aliphatic carbocycles. The number of hydrogen-bond acceptors (Lipinski definition) is 8. The van der Waals surface area contributed by atoms with Gasteiger partial charge in [0.1, 0.15) is 5.82 Å². The number of hydrogen-bond donors (Lipinski definition) is 2. The van der Waals surface area contributed by atoms with Crippen molar-refractivity contribution in [3.63, 3.8) is 0 Å². The van der Waals surface area contributed by atoms with Crippen LogP contribution in [-0.2, 0) is 11.5 Å². The first-order valence-corrected chi connectivity index (χ1v) is 14.2. The SMILES string of the molecule is BC(B)(B)c1nc(N2CCC3(CC2)Cc2ncccc2[C@H]3N)n2ccnc2c1Sc1ccnc(NC)c1Cl. The van der Waals surface area contributed by atoms with Gasteiger partial charge in [0.05, 0.1) is 33.5 Å². The van der Waals surface area contributed by atoms with Crippen LogP contribution in [-0.4, -0.2) is 68.0 Å². The summed E-state index contributed by atoms with van der Waals surface area (Å²) in [6.07, 6.45) is 10.5. The molecule has 192 valence electrons. The summed E-state index contributed by atoms with van der Waals surface area (Å²) in [5.74, 6) is 1.59. The molecular weight excluding hydrogens is 512 g/mol. The van der Waals surface area contributed by atoms with E-state index in [1.165, 1.54) is 5.56 Å². The van der Waals surface area contributed by atoms with Crippen molar-refractivity contribution < 1.29 is 0 Å². The van der Waals surface area contributed by atoms with E-state index in [0.717, 1.165) is 65.1 Å². The van der Waals surface area contributed by atoms with Gasteiger partial charge < -0.3 is 16.0 Å². The van der Waals surface area contributed by atoms with E-state index in [2.05, 4.69) is 54.2 Å². The average molecular weight is 543 g/mol. The average Bonchev–Trinajstić information content (AvgIpc) is 3.49. The van der Waals surface area contributed by atoms with Crippen molar-refractivity contribution in [1.29, 1.82) is 0 Å². The molecule has 0 aromatic carbocycles. The zero-order valence-electron chi connectivity index (χ0n) is 22.2. The fourth-order valence-electron chi connectivity index (χ4n) is 5.85. The van der Waals surface area contributed by atoms with E-state index in [0.29, 0.717) is 10.8 Å². The lowest BCUT2D eigenvalue weighted by molar-refractivity contribution is 0.186. The summed E-state index contributed by atoms with van der Waals surface area (Å²) in [5.41, 5.74) is 11.1. The molecule has 1 aliphatic heterocycles. The van der Waals surface area contributed by atoms with Gasteiger partial charge >= 0.3 is 0 Å². The minimum Gasteiger partial charge on any atom is -0.372 e. The number of pyridine rings is 2. The Morgan fingerprint density at radius 1 is 1.13 bits per heavy atom. The van der Waals surface area contributed by atoms with Gasteiger partial charge in [-0.15, -0.1) is 0 Å². The maximum absolute atomic E-state index is 6.81. The zero-order valence-corrected chi connectivity index (χ0v) is 23.8. The number of nitrogens with zero attached hydrogens (tertiary/aromatic N) is 6. The van der Waals surface area contributed by atoms with E-state index < -0.39 is 0 Å². The Morgan fingerprint density at radius 2 is 1.92 bits per heavy atom. The predicted molar refractivity (Wildman–Crippen MR) is 162 cm³/mol. The first-order chi connectivity index (χ1) is 18.2. The molecule has 13 heteroatoms. The molecular formula is C25H30B3ClN8S. The molecule has 1 saturated heterocycles. The van der Waals surface area contributed by atoms with E-state index in [4.69, 9.17) is 27.3 Å². The summed E-state index contributed by atoms with van der Waals surface area (Å²) in [6.45, 7) is 1.78. The highest BCUT2D eigenvalue weighted by Gasteiger charge is 2.47. The Labute approximate surface area is 234 Å². The fraction of sp³-hybridized carbons (Fsp3) is 0.360. The molecule has 1 fully saturated rings. The van der Waals surface area contributed by atoms with Crippen LogP contribution < -0.4 is 16.0 Å². The van der Waals surface area contributed by atoms with E-state index in [1.54, 1.807) is 18.0 Å². The second kappa shape index (κ2) is 9.50. The van der Waals surface area contributed by atoms with Crippen LogP contribution in [0.3, 0.4) is 0 Å². The van der Waals surface area contributed by atoms with Crippen LogP contribution in [0.15, 0.2) is 52.8 Å². The molecule has 5 heterocycles. The zero-order chi connectivity index (χ0) is 26.7. The highest BCUT2D eigenvalue weighted by atomic mass is 35.5. The van der Waals surface area contributed by atoms with Gasteiger partial charge in [-0.2, -0.15) is 0 Å². The maximum Gasteiger partial charge on any atom is 0.211 e. The number of aromatic nitrogens is 5. The van der Waals surface area contributed by atoms with Gasteiger partial charge in [0.25, 0.3) is 0 Å². The number of fused-ring (bicyclic) bond motifs is 2. The molecule has 1 atom stereocenters. The molecule has 1 spiro atoms. The molecule has 4 aromatic heterocycles. The van der Waals surface area contributed by atoms with Crippen LogP contribution in [0.1, 0.15) is 35.8 Å². The third-order valence-corrected chi connectivity index (χ3v) is 9.62. The summed E-state index contributed by atoms with van der Waals surface area (Å²) in [5, 5.41) is 3.46. The maximum atomic E-state index is 6.81. The van der Waals surface area contributed by atoms with E-state index in [-0.39, 0.29) is 16.6 Å². The normalized spacial score (nSPS) is 18.7. The summed E-state index contributed by atoms with van der Waals surface area (Å²) >= 11 is 8.29. The van der Waals surface area contributed by atoms with Crippen molar-refractivity contribution in [1.82, 2.24) is 24.3 Å². The van der Waals surface area contributed by atoms with Crippen molar-refractivity contribution in [2.24, 2.45) is 11.1 Å². The van der Waals surface area contributed by atoms with E-state index >= 15 is 0 Å². The first kappa shape index (κ1) is 25.6. The van der Waals surface area contributed by atoms with Crippen molar-refractivity contribution in [3.8, 4) is 0 Å². The monoisotopic (exact) mass is 542 g/mol. The van der Waals surface area contributed by atoms with E-state index in [9.17, 15) is 0 Å². The highest BCUT2D eigenvalue weighted by molar-refractivity contribution is 7.99. The molecule has 0 amide bonds. The van der Waals surface area contributed by atoms with Crippen LogP contribution in [0.5, 0.6) is 0 Å². The molecule has 6 rings (SSSR count). The van der Waals surface area contributed by atoms with Crippen LogP contribution in [0.4, 0.5) is 11.8 Å². The number of halogens is 1. The molecule has 0 unspecified atom stereocenters. The molecule has 0 radical (unpaired) electrons. The lowest BCUT2D eigenvalue weighted by Gasteiger charge is -2.42. The molecule has 2 aliphatic rings. The van der Waals surface area contributed by atoms with Crippen LogP contribution in [0.25, 0.3) is 5.65 Å². The Hall–Kier alpha value is -2.69. The Morgan fingerprint density at radius 3 is 2.63 bits per heavy atom. The molecule has 38 heavy (non-hydrogen) atoms. The molecule has 3 N–H and O–H groups in total. The third-order valence-electron chi connectivity index (χ3n) is 7.98. The predicted octanol–water partition coefficient (Wildman–Crippen LogP) is 1.22. The van der Waals surface area contributed by atoms with Gasteiger partial charge in [-0.1, -0.05) is 34.5 Å². The lowest BCUT2D eigenvalue weighted by atomic mass is 9.41. The van der Waals surface area contributed by atoms with Gasteiger partial charge in [-0.3, -0.25) is 9.38 Å². The summed E-state index contributed by atoms with van der Waals surface area (Å²) in [4.78, 5) is 23.4. The third kappa shape index (κ3) is 4.17. The first-order valence-electron chi connectivity index (χ1n) is 13.0. The van der Waals surface area contributed by atoms with Crippen LogP contribution >= 0.6 is 23.4 Å². The van der Waals surface area contributed by atoms with Gasteiger partial charge in [-0.05, 0) is 42.4 Å². The number of anilines is 2. The van der Waals surface area contributed by atoms with Gasteiger partial charge in [0, 0.05) is 67.2 Å². The van der Waals surface area contributed by atoms with Crippen molar-refractivity contribution in [3.05, 3.63) is 65.0 Å². The van der Waals surface area contributed by atoms with Crippen LogP contribution in [0.2, 0.25) is 5.02 Å². The minimum absolute atomic E-state index is 0.0334.